The van der Waals surface area contributed by atoms with Crippen molar-refractivity contribution in [3.05, 3.63) is 377 Å². The van der Waals surface area contributed by atoms with Crippen molar-refractivity contribution in [2.45, 2.75) is 142 Å². The average molecular weight is 1480 g/mol. The van der Waals surface area contributed by atoms with E-state index in [2.05, 4.69) is 400 Å². The van der Waals surface area contributed by atoms with Crippen LogP contribution in [0.1, 0.15) is 152 Å². The summed E-state index contributed by atoms with van der Waals surface area (Å²) in [5, 5.41) is 4.22. The van der Waals surface area contributed by atoms with Gasteiger partial charge in [0, 0.05) is 100 Å². The van der Waals surface area contributed by atoms with Gasteiger partial charge in [-0.05, 0) is 229 Å². The molecule has 14 aromatic rings. The lowest BCUT2D eigenvalue weighted by molar-refractivity contribution is 0.351. The highest BCUT2D eigenvalue weighted by molar-refractivity contribution is 6.31. The highest BCUT2D eigenvalue weighted by atomic mass is 35.5. The second-order valence-electron chi connectivity index (χ2n) is 34.1. The molecular weight excluding hydrogens is 1380 g/mol. The molecule has 111 heavy (non-hydrogen) atoms. The van der Waals surface area contributed by atoms with Crippen molar-refractivity contribution < 1.29 is 8.83 Å². The minimum atomic E-state index is -0.236. The Labute approximate surface area is 661 Å². The number of nitrogens with zero attached hydrogens (tertiary/aromatic N) is 5. The number of fused-ring (bicyclic) bond motifs is 6. The fourth-order valence-corrected chi connectivity index (χ4v) is 19.1. The summed E-state index contributed by atoms with van der Waals surface area (Å²) in [5.74, 6) is 2.23. The molecule has 2 aromatic heterocycles. The zero-order valence-corrected chi connectivity index (χ0v) is 67.1. The van der Waals surface area contributed by atoms with Gasteiger partial charge in [0.2, 0.25) is 0 Å². The molecule has 0 amide bonds. The van der Waals surface area contributed by atoms with E-state index in [1.165, 1.54) is 61.7 Å². The van der Waals surface area contributed by atoms with E-state index in [-0.39, 0.29) is 32.5 Å². The predicted octanol–water partition coefficient (Wildman–Crippen LogP) is 29.8. The van der Waals surface area contributed by atoms with Crippen LogP contribution in [-0.4, -0.2) is 0 Å². The van der Waals surface area contributed by atoms with Crippen molar-refractivity contribution in [2.75, 3.05) is 29.8 Å². The lowest BCUT2D eigenvalue weighted by Crippen LogP contribution is -2.31. The van der Waals surface area contributed by atoms with Crippen molar-refractivity contribution >= 4 is 108 Å². The molecule has 0 fully saturated rings. The van der Waals surface area contributed by atoms with Gasteiger partial charge in [-0.25, -0.2) is 0 Å². The van der Waals surface area contributed by atoms with Crippen molar-refractivity contribution in [2.24, 2.45) is 0 Å². The lowest BCUT2D eigenvalue weighted by Gasteiger charge is -2.42. The first-order chi connectivity index (χ1) is 53.3. The Hall–Kier alpha value is -11.7. The van der Waals surface area contributed by atoms with E-state index in [0.717, 1.165) is 109 Å². The number of aryl methyl sites for hydroxylation is 2. The maximum atomic E-state index is 6.54. The molecule has 0 atom stereocenters. The Balaban J connectivity index is 0.000000142. The van der Waals surface area contributed by atoms with E-state index in [9.17, 15) is 0 Å². The van der Waals surface area contributed by atoms with Gasteiger partial charge in [0.25, 0.3) is 0 Å². The topological polar surface area (TPSA) is 54.5 Å². The molecular formula is C102H99ClN6O2. The van der Waals surface area contributed by atoms with E-state index in [1.807, 2.05) is 42.9 Å². The summed E-state index contributed by atoms with van der Waals surface area (Å²) >= 11 is 6.54. The average Bonchev–Trinajstić information content (AvgIpc) is 1.71. The van der Waals surface area contributed by atoms with E-state index in [4.69, 9.17) is 20.4 Å². The monoisotopic (exact) mass is 1470 g/mol. The Kier molecular flexibility index (Phi) is 18.9. The summed E-state index contributed by atoms with van der Waals surface area (Å²) < 4.78 is 12.4. The molecule has 8 nitrogen and oxygen atoms in total. The fraction of sp³-hybridized carbons (Fsp3) is 0.216. The van der Waals surface area contributed by atoms with Gasteiger partial charge in [0.1, 0.15) is 24.0 Å². The predicted molar refractivity (Wildman–Crippen MR) is 467 cm³/mol. The number of benzene rings is 12. The number of anilines is 17. The van der Waals surface area contributed by atoms with Crippen LogP contribution in [0.15, 0.2) is 325 Å². The number of nitrogens with one attached hydrogen (secondary N) is 1. The second-order valence-corrected chi connectivity index (χ2v) is 34.6. The van der Waals surface area contributed by atoms with E-state index >= 15 is 0 Å². The molecule has 4 heterocycles. The third kappa shape index (κ3) is 13.7. The zero-order valence-electron chi connectivity index (χ0n) is 66.4. The van der Waals surface area contributed by atoms with Gasteiger partial charge in [0.05, 0.1) is 34.1 Å². The Morgan fingerprint density at radius 1 is 0.315 bits per heavy atom. The summed E-state index contributed by atoms with van der Waals surface area (Å²) in [6.45, 7) is 32.1. The number of halogens is 1. The van der Waals surface area contributed by atoms with Crippen LogP contribution in [-0.2, 0) is 32.5 Å². The fourth-order valence-electron chi connectivity index (χ4n) is 18.8. The molecule has 0 saturated carbocycles. The van der Waals surface area contributed by atoms with Crippen LogP contribution in [0.5, 0.6) is 0 Å². The highest BCUT2D eigenvalue weighted by Crippen LogP contribution is 2.59. The summed E-state index contributed by atoms with van der Waals surface area (Å²) in [4.78, 5) is 11.9. The normalized spacial score (nSPS) is 15.7. The van der Waals surface area contributed by atoms with Crippen molar-refractivity contribution in [3.63, 3.8) is 0 Å². The van der Waals surface area contributed by atoms with Crippen molar-refractivity contribution in [1.29, 1.82) is 0 Å². The van der Waals surface area contributed by atoms with Crippen LogP contribution in [0.2, 0.25) is 5.02 Å². The molecule has 18 rings (SSSR count). The van der Waals surface area contributed by atoms with Crippen LogP contribution >= 0.6 is 11.6 Å². The number of furan rings is 2. The maximum absolute atomic E-state index is 6.54. The third-order valence-corrected chi connectivity index (χ3v) is 23.3. The summed E-state index contributed by atoms with van der Waals surface area (Å²) in [7, 11) is 0. The van der Waals surface area contributed by atoms with E-state index in [0.29, 0.717) is 0 Å². The van der Waals surface area contributed by atoms with E-state index < -0.39 is 0 Å². The van der Waals surface area contributed by atoms with Gasteiger partial charge in [-0.1, -0.05) is 240 Å². The van der Waals surface area contributed by atoms with Gasteiger partial charge in [0.15, 0.2) is 0 Å². The first-order valence-corrected chi connectivity index (χ1v) is 39.4. The molecule has 0 bridgehead atoms. The van der Waals surface area contributed by atoms with Gasteiger partial charge in [-0.15, -0.1) is 0 Å². The van der Waals surface area contributed by atoms with Gasteiger partial charge in [-0.2, -0.15) is 0 Å². The number of para-hydroxylation sites is 8. The third-order valence-electron chi connectivity index (χ3n) is 23.1. The van der Waals surface area contributed by atoms with Crippen LogP contribution in [0.25, 0.3) is 0 Å². The molecule has 2 aliphatic carbocycles. The Morgan fingerprint density at radius 3 is 1.14 bits per heavy atom. The number of hydrogen-bond acceptors (Lipinski definition) is 8. The van der Waals surface area contributed by atoms with Gasteiger partial charge in [-0.3, -0.25) is 0 Å². The smallest absolute Gasteiger partial charge is 0.115 e. The summed E-state index contributed by atoms with van der Waals surface area (Å²) in [6, 6.07) is 108. The minimum Gasteiger partial charge on any atom is -0.466 e. The molecule has 0 unspecified atom stereocenters. The maximum Gasteiger partial charge on any atom is 0.115 e. The van der Waals surface area contributed by atoms with Crippen LogP contribution in [0.3, 0.4) is 0 Å². The quantitative estimate of drug-likeness (QED) is 0.123. The minimum absolute atomic E-state index is 0.0425. The first kappa shape index (κ1) is 73.4. The molecule has 556 valence electrons. The SMILES string of the molecule is CC1(C)CC(C)(C)c2c(Nc3ccccc3)coc21.Cc1cc(Cl)cc(N(c2ccccc2)c2ccc3c(c2)C(C)(C)c2ccccc2N3c2ccccc2)c1.Cc1cc(N(c2ccccc2)c2ccc3c(c2)C(C)(C)c2ccccc2N3c2ccccc2)cc(N(c2ccccc2)c2coc3c2C(C)(C)CC3(C)C)c1. The van der Waals surface area contributed by atoms with Crippen molar-refractivity contribution in [1.82, 2.24) is 0 Å². The Bertz CT molecular complexity index is 5690. The highest BCUT2D eigenvalue weighted by Gasteiger charge is 2.49. The molecule has 2 aliphatic heterocycles. The first-order valence-electron chi connectivity index (χ1n) is 39.0. The zero-order chi connectivity index (χ0) is 77.4. The number of hydrogen-bond donors (Lipinski definition) is 1. The number of rotatable bonds is 13. The van der Waals surface area contributed by atoms with Crippen molar-refractivity contribution in [3.8, 4) is 0 Å². The largest absolute Gasteiger partial charge is 0.466 e. The molecule has 9 heteroatoms. The standard InChI is InChI=1S/C51H49N3O.C34H29ClN2.C17H21NO/c1-35-29-40(31-41(30-35)53(37-21-13-9-14-22-37)46-33-55-48-47(46)49(2,3)34-50(48,4)5)52(36-19-11-8-12-20-36)39-27-28-45-43(32-39)51(6,7)42-25-17-18-26-44(42)54(45)38-23-15-10-16-24-38;1-24-20-25(35)22-29(21-24)36(26-12-6-4-7-13-26)28-18-19-33-31(23-28)34(2,3)30-16-10-11-17-32(30)37(33)27-14-8-5-9-15-27;1-16(2)11-17(3,4)15-14(16)13(10-19-15)18-12-8-6-5-7-9-12/h8-33H,34H2,1-7H3;4-23H,1-3H3;5-10,18H,11H2,1-4H3. The van der Waals surface area contributed by atoms with Gasteiger partial charge >= 0.3 is 0 Å². The molecule has 0 radical (unpaired) electrons. The van der Waals surface area contributed by atoms with Gasteiger partial charge < -0.3 is 38.7 Å². The Morgan fingerprint density at radius 2 is 0.676 bits per heavy atom. The molecule has 0 spiro atoms. The van der Waals surface area contributed by atoms with E-state index in [1.54, 1.807) is 0 Å². The molecule has 1 N–H and O–H groups in total. The second kappa shape index (κ2) is 28.6. The molecule has 0 saturated heterocycles. The van der Waals surface area contributed by atoms with Crippen LogP contribution < -0.4 is 29.8 Å². The van der Waals surface area contributed by atoms with Crippen LogP contribution in [0.4, 0.5) is 96.7 Å². The summed E-state index contributed by atoms with van der Waals surface area (Å²) in [5.41, 5.74) is 29.1. The summed E-state index contributed by atoms with van der Waals surface area (Å²) in [6.07, 6.45) is 6.00. The molecule has 12 aromatic carbocycles. The van der Waals surface area contributed by atoms with Crippen LogP contribution in [0, 0.1) is 13.8 Å². The lowest BCUT2D eigenvalue weighted by atomic mass is 9.73. The molecule has 4 aliphatic rings.